The summed E-state index contributed by atoms with van der Waals surface area (Å²) in [5.41, 5.74) is 1.25. The highest BCUT2D eigenvalue weighted by Gasteiger charge is 2.16. The third-order valence-electron chi connectivity index (χ3n) is 3.82. The molecule has 0 bridgehead atoms. The largest absolute Gasteiger partial charge is 0.352 e. The zero-order chi connectivity index (χ0) is 18.2. The molecule has 1 unspecified atom stereocenters. The first kappa shape index (κ1) is 18.9. The predicted molar refractivity (Wildman–Crippen MR) is 97.0 cm³/mol. The van der Waals surface area contributed by atoms with E-state index >= 15 is 0 Å². The van der Waals surface area contributed by atoms with Crippen LogP contribution in [0.25, 0.3) is 0 Å². The van der Waals surface area contributed by atoms with E-state index in [1.54, 1.807) is 0 Å². The van der Waals surface area contributed by atoms with E-state index in [9.17, 15) is 14.9 Å². The third-order valence-corrected chi connectivity index (χ3v) is 4.14. The number of hydrogen-bond donors (Lipinski definition) is 2. The van der Waals surface area contributed by atoms with Crippen molar-refractivity contribution >= 4 is 23.2 Å². The number of carbonyl (C=O) groups excluding carboxylic acids is 1. The molecule has 2 aromatic rings. The van der Waals surface area contributed by atoms with Crippen molar-refractivity contribution in [2.75, 3.05) is 20.1 Å². The molecule has 2 aromatic carbocycles. The highest BCUT2D eigenvalue weighted by Crippen LogP contribution is 2.24. The van der Waals surface area contributed by atoms with E-state index < -0.39 is 4.92 Å². The van der Waals surface area contributed by atoms with Gasteiger partial charge in [-0.15, -0.1) is 0 Å². The Morgan fingerprint density at radius 1 is 1.24 bits per heavy atom. The summed E-state index contributed by atoms with van der Waals surface area (Å²) in [6.45, 7) is 2.36. The lowest BCUT2D eigenvalue weighted by Crippen LogP contribution is -3.07. The van der Waals surface area contributed by atoms with Gasteiger partial charge in [0.05, 0.1) is 18.5 Å². The van der Waals surface area contributed by atoms with Crippen molar-refractivity contribution in [2.45, 2.75) is 13.0 Å². The maximum Gasteiger partial charge on any atom is 0.288 e. The molecule has 1 atom stereocenters. The van der Waals surface area contributed by atoms with Crippen molar-refractivity contribution in [2.24, 2.45) is 0 Å². The molecule has 0 saturated carbocycles. The van der Waals surface area contributed by atoms with Crippen molar-refractivity contribution in [3.05, 3.63) is 74.8 Å². The molecule has 2 N–H and O–H groups in total. The molecule has 0 aliphatic carbocycles. The number of nitro groups is 1. The van der Waals surface area contributed by atoms with Gasteiger partial charge in [0.1, 0.15) is 11.6 Å². The molecule has 0 saturated heterocycles. The van der Waals surface area contributed by atoms with Gasteiger partial charge in [-0.25, -0.2) is 0 Å². The summed E-state index contributed by atoms with van der Waals surface area (Å²) >= 11 is 5.75. The van der Waals surface area contributed by atoms with Crippen LogP contribution in [0.1, 0.15) is 22.3 Å². The minimum absolute atomic E-state index is 0.0210. The number of rotatable bonds is 8. The normalized spacial score (nSPS) is 11.8. The number of nitrogens with zero attached hydrogens (tertiary/aromatic N) is 1. The van der Waals surface area contributed by atoms with Gasteiger partial charge in [0, 0.05) is 30.2 Å². The van der Waals surface area contributed by atoms with Gasteiger partial charge in [0.2, 0.25) is 0 Å². The molecule has 0 aliphatic heterocycles. The Balaban J connectivity index is 1.77. The molecule has 2 rings (SSSR count). The van der Waals surface area contributed by atoms with Gasteiger partial charge < -0.3 is 10.2 Å². The Labute approximate surface area is 151 Å². The van der Waals surface area contributed by atoms with Crippen molar-refractivity contribution in [3.63, 3.8) is 0 Å². The van der Waals surface area contributed by atoms with Crippen molar-refractivity contribution in [1.29, 1.82) is 0 Å². The van der Waals surface area contributed by atoms with E-state index in [1.165, 1.54) is 28.7 Å². The summed E-state index contributed by atoms with van der Waals surface area (Å²) in [4.78, 5) is 23.7. The fourth-order valence-corrected chi connectivity index (χ4v) is 2.71. The van der Waals surface area contributed by atoms with E-state index in [4.69, 9.17) is 11.6 Å². The van der Waals surface area contributed by atoms with Crippen LogP contribution in [0.2, 0.25) is 5.02 Å². The summed E-state index contributed by atoms with van der Waals surface area (Å²) in [5, 5.41) is 13.7. The molecule has 0 heterocycles. The van der Waals surface area contributed by atoms with Gasteiger partial charge in [0.15, 0.2) is 0 Å². The average molecular weight is 363 g/mol. The number of hydrogen-bond acceptors (Lipinski definition) is 3. The number of nitro benzene ring substituents is 1. The molecule has 6 nitrogen and oxygen atoms in total. The van der Waals surface area contributed by atoms with E-state index in [1.807, 2.05) is 18.2 Å². The van der Waals surface area contributed by atoms with Crippen LogP contribution in [0.4, 0.5) is 5.69 Å². The lowest BCUT2D eigenvalue weighted by Gasteiger charge is -2.14. The van der Waals surface area contributed by atoms with E-state index in [0.717, 1.165) is 19.5 Å². The number of quaternary nitrogens is 1. The first-order chi connectivity index (χ1) is 12.0. The SMILES string of the molecule is C[NH+](CCCNC(=O)c1ccc(Cl)c([N+](=O)[O-])c1)Cc1ccccc1. The first-order valence-corrected chi connectivity index (χ1v) is 8.42. The fourth-order valence-electron chi connectivity index (χ4n) is 2.52. The second-order valence-electron chi connectivity index (χ2n) is 5.90. The first-order valence-electron chi connectivity index (χ1n) is 8.04. The summed E-state index contributed by atoms with van der Waals surface area (Å²) in [6.07, 6.45) is 0.820. The minimum atomic E-state index is -0.596. The molecular weight excluding hydrogens is 342 g/mol. The Hall–Kier alpha value is -2.44. The second-order valence-corrected chi connectivity index (χ2v) is 6.31. The van der Waals surface area contributed by atoms with Crippen molar-refractivity contribution in [1.82, 2.24) is 5.32 Å². The molecule has 7 heteroatoms. The lowest BCUT2D eigenvalue weighted by molar-refractivity contribution is -0.893. The lowest BCUT2D eigenvalue weighted by atomic mass is 10.2. The molecule has 0 radical (unpaired) electrons. The average Bonchev–Trinajstić information content (AvgIpc) is 2.59. The van der Waals surface area contributed by atoms with Gasteiger partial charge in [-0.2, -0.15) is 0 Å². The van der Waals surface area contributed by atoms with Crippen LogP contribution in [-0.2, 0) is 6.54 Å². The van der Waals surface area contributed by atoms with Crippen LogP contribution in [0.5, 0.6) is 0 Å². The van der Waals surface area contributed by atoms with Crippen LogP contribution < -0.4 is 10.2 Å². The zero-order valence-electron chi connectivity index (χ0n) is 14.0. The van der Waals surface area contributed by atoms with Crippen LogP contribution in [0.15, 0.2) is 48.5 Å². The number of carbonyl (C=O) groups is 1. The summed E-state index contributed by atoms with van der Waals surface area (Å²) < 4.78 is 0. The van der Waals surface area contributed by atoms with E-state index in [0.29, 0.717) is 6.54 Å². The molecule has 25 heavy (non-hydrogen) atoms. The zero-order valence-corrected chi connectivity index (χ0v) is 14.8. The van der Waals surface area contributed by atoms with Gasteiger partial charge in [-0.3, -0.25) is 14.9 Å². The van der Waals surface area contributed by atoms with Gasteiger partial charge in [-0.1, -0.05) is 41.9 Å². The quantitative estimate of drug-likeness (QED) is 0.429. The molecule has 0 aromatic heterocycles. The van der Waals surface area contributed by atoms with Crippen molar-refractivity contribution in [3.8, 4) is 0 Å². The van der Waals surface area contributed by atoms with Crippen molar-refractivity contribution < 1.29 is 14.6 Å². The summed E-state index contributed by atoms with van der Waals surface area (Å²) in [7, 11) is 2.11. The minimum Gasteiger partial charge on any atom is -0.352 e. The summed E-state index contributed by atoms with van der Waals surface area (Å²) in [6, 6.07) is 14.3. The topological polar surface area (TPSA) is 76.7 Å². The van der Waals surface area contributed by atoms with E-state index in [-0.39, 0.29) is 22.2 Å². The number of amides is 1. The fraction of sp³-hybridized carbons (Fsp3) is 0.278. The molecule has 0 fully saturated rings. The number of nitrogens with one attached hydrogen (secondary N) is 2. The smallest absolute Gasteiger partial charge is 0.288 e. The van der Waals surface area contributed by atoms with Crippen LogP contribution in [0.3, 0.4) is 0 Å². The Kier molecular flexibility index (Phi) is 6.91. The highest BCUT2D eigenvalue weighted by molar-refractivity contribution is 6.32. The Morgan fingerprint density at radius 2 is 1.96 bits per heavy atom. The van der Waals surface area contributed by atoms with Gasteiger partial charge in [0.25, 0.3) is 11.6 Å². The van der Waals surface area contributed by atoms with E-state index in [2.05, 4.69) is 24.5 Å². The van der Waals surface area contributed by atoms with Gasteiger partial charge in [-0.05, 0) is 12.1 Å². The monoisotopic (exact) mass is 362 g/mol. The molecule has 0 aliphatic rings. The molecular formula is C18H21ClN3O3+. The third kappa shape index (κ3) is 5.85. The summed E-state index contributed by atoms with van der Waals surface area (Å²) in [5.74, 6) is -0.333. The van der Waals surface area contributed by atoms with Gasteiger partial charge >= 0.3 is 0 Å². The number of halogens is 1. The highest BCUT2D eigenvalue weighted by atomic mass is 35.5. The van der Waals surface area contributed by atoms with Crippen LogP contribution in [-0.4, -0.2) is 31.0 Å². The Morgan fingerprint density at radius 3 is 2.64 bits per heavy atom. The molecule has 1 amide bonds. The standard InChI is InChI=1S/C18H20ClN3O3/c1-21(13-14-6-3-2-4-7-14)11-5-10-20-18(23)15-8-9-16(19)17(12-15)22(24)25/h2-4,6-9,12H,5,10-11,13H2,1H3,(H,20,23)/p+1. The maximum atomic E-state index is 12.1. The maximum absolute atomic E-state index is 12.1. The second kappa shape index (κ2) is 9.15. The molecule has 132 valence electrons. The Bertz CT molecular complexity index is 738. The predicted octanol–water partition coefficient (Wildman–Crippen LogP) is 2.08. The van der Waals surface area contributed by atoms with Crippen LogP contribution in [0, 0.1) is 10.1 Å². The van der Waals surface area contributed by atoms with Crippen LogP contribution >= 0.6 is 11.6 Å². The molecule has 0 spiro atoms. The number of benzene rings is 2.